The van der Waals surface area contributed by atoms with Gasteiger partial charge in [0, 0.05) is 5.41 Å². The van der Waals surface area contributed by atoms with Gasteiger partial charge in [-0.15, -0.1) is 0 Å². The van der Waals surface area contributed by atoms with Gasteiger partial charge >= 0.3 is 5.97 Å². The van der Waals surface area contributed by atoms with Gasteiger partial charge in [-0.3, -0.25) is 4.79 Å². The third-order valence-corrected chi connectivity index (χ3v) is 4.27. The Bertz CT molecular complexity index is 542. The van der Waals surface area contributed by atoms with Crippen LogP contribution in [0.4, 0.5) is 5.13 Å². The molecule has 2 rings (SSSR count). The fourth-order valence-electron chi connectivity index (χ4n) is 2.21. The molecule has 0 saturated carbocycles. The lowest BCUT2D eigenvalue weighted by atomic mass is 9.91. The van der Waals surface area contributed by atoms with Crippen molar-refractivity contribution in [2.45, 2.75) is 45.1 Å². The SMILES string of the molecule is COC(=O)c1sc(NC(=O)C2CCCN2)nc1C(C)(C)C. The molecule has 0 bridgehead atoms. The molecule has 0 radical (unpaired) electrons. The monoisotopic (exact) mass is 311 g/mol. The fraction of sp³-hybridized carbons (Fsp3) is 0.643. The van der Waals surface area contributed by atoms with E-state index in [1.54, 1.807) is 0 Å². The average molecular weight is 311 g/mol. The molecular formula is C14H21N3O3S. The number of esters is 1. The predicted octanol–water partition coefficient (Wildman–Crippen LogP) is 1.92. The number of amides is 1. The zero-order valence-electron chi connectivity index (χ0n) is 12.8. The van der Waals surface area contributed by atoms with Crippen LogP contribution in [0.25, 0.3) is 0 Å². The summed E-state index contributed by atoms with van der Waals surface area (Å²) in [6.45, 7) is 6.77. The lowest BCUT2D eigenvalue weighted by Crippen LogP contribution is -2.35. The van der Waals surface area contributed by atoms with Gasteiger partial charge in [0.2, 0.25) is 5.91 Å². The molecule has 1 aliphatic heterocycles. The fourth-order valence-corrected chi connectivity index (χ4v) is 3.31. The lowest BCUT2D eigenvalue weighted by Gasteiger charge is -2.16. The van der Waals surface area contributed by atoms with Crippen molar-refractivity contribution in [2.24, 2.45) is 0 Å². The Labute approximate surface area is 128 Å². The van der Waals surface area contributed by atoms with Crippen molar-refractivity contribution < 1.29 is 14.3 Å². The minimum absolute atomic E-state index is 0.0990. The number of carbonyl (C=O) groups is 2. The van der Waals surface area contributed by atoms with Crippen molar-refractivity contribution in [1.29, 1.82) is 0 Å². The largest absolute Gasteiger partial charge is 0.465 e. The van der Waals surface area contributed by atoms with Crippen molar-refractivity contribution in [3.8, 4) is 0 Å². The van der Waals surface area contributed by atoms with Gasteiger partial charge in [0.05, 0.1) is 18.8 Å². The summed E-state index contributed by atoms with van der Waals surface area (Å²) >= 11 is 1.16. The molecule has 1 atom stereocenters. The summed E-state index contributed by atoms with van der Waals surface area (Å²) in [5.74, 6) is -0.518. The van der Waals surface area contributed by atoms with E-state index < -0.39 is 5.97 Å². The van der Waals surface area contributed by atoms with E-state index in [1.165, 1.54) is 7.11 Å². The van der Waals surface area contributed by atoms with Crippen LogP contribution in [0.5, 0.6) is 0 Å². The summed E-state index contributed by atoms with van der Waals surface area (Å²) < 4.78 is 4.80. The third-order valence-electron chi connectivity index (χ3n) is 3.32. The quantitative estimate of drug-likeness (QED) is 0.834. The Balaban J connectivity index is 2.22. The number of aromatic nitrogens is 1. The molecule has 0 spiro atoms. The zero-order chi connectivity index (χ0) is 15.6. The Kier molecular flexibility index (Phi) is 4.63. The van der Waals surface area contributed by atoms with Crippen molar-refractivity contribution in [1.82, 2.24) is 10.3 Å². The highest BCUT2D eigenvalue weighted by Gasteiger charge is 2.29. The second-order valence-electron chi connectivity index (χ2n) is 6.08. The number of hydrogen-bond acceptors (Lipinski definition) is 6. The second-order valence-corrected chi connectivity index (χ2v) is 7.08. The molecule has 1 amide bonds. The normalized spacial score (nSPS) is 18.6. The summed E-state index contributed by atoms with van der Waals surface area (Å²) in [4.78, 5) is 28.8. The van der Waals surface area contributed by atoms with E-state index in [2.05, 4.69) is 15.6 Å². The number of ether oxygens (including phenoxy) is 1. The molecule has 0 aromatic carbocycles. The topological polar surface area (TPSA) is 80.3 Å². The summed E-state index contributed by atoms with van der Waals surface area (Å²) in [5, 5.41) is 6.37. The maximum absolute atomic E-state index is 12.1. The Morgan fingerprint density at radius 3 is 2.67 bits per heavy atom. The molecule has 7 heteroatoms. The predicted molar refractivity (Wildman–Crippen MR) is 81.8 cm³/mol. The summed E-state index contributed by atoms with van der Waals surface area (Å²) in [6.07, 6.45) is 1.82. The van der Waals surface area contributed by atoms with Crippen LogP contribution < -0.4 is 10.6 Å². The van der Waals surface area contributed by atoms with Crippen LogP contribution in [0.15, 0.2) is 0 Å². The Morgan fingerprint density at radius 1 is 1.43 bits per heavy atom. The number of rotatable bonds is 3. The molecule has 1 aliphatic rings. The molecule has 2 heterocycles. The summed E-state index contributed by atoms with van der Waals surface area (Å²) in [5.41, 5.74) is 0.350. The number of nitrogens with zero attached hydrogens (tertiary/aromatic N) is 1. The van der Waals surface area contributed by atoms with Gasteiger partial charge < -0.3 is 15.4 Å². The highest BCUT2D eigenvalue weighted by atomic mass is 32.1. The van der Waals surface area contributed by atoms with Gasteiger partial charge in [-0.25, -0.2) is 9.78 Å². The molecule has 2 N–H and O–H groups in total. The average Bonchev–Trinajstić information content (AvgIpc) is 3.05. The van der Waals surface area contributed by atoms with E-state index in [1.807, 2.05) is 20.8 Å². The standard InChI is InChI=1S/C14H21N3O3S/c1-14(2,3)10-9(12(19)20-4)21-13(16-10)17-11(18)8-6-5-7-15-8/h8,15H,5-7H2,1-4H3,(H,16,17,18). The minimum Gasteiger partial charge on any atom is -0.465 e. The van der Waals surface area contributed by atoms with Gasteiger partial charge in [-0.05, 0) is 19.4 Å². The molecule has 1 aromatic rings. The van der Waals surface area contributed by atoms with Crippen LogP contribution in [0.3, 0.4) is 0 Å². The molecule has 6 nitrogen and oxygen atoms in total. The Morgan fingerprint density at radius 2 is 2.14 bits per heavy atom. The van der Waals surface area contributed by atoms with Crippen LogP contribution in [0.1, 0.15) is 49.0 Å². The zero-order valence-corrected chi connectivity index (χ0v) is 13.6. The van der Waals surface area contributed by atoms with E-state index in [4.69, 9.17) is 4.74 Å². The molecule has 116 valence electrons. The van der Waals surface area contributed by atoms with E-state index in [0.717, 1.165) is 30.7 Å². The van der Waals surface area contributed by atoms with Crippen molar-refractivity contribution >= 4 is 28.3 Å². The first-order chi connectivity index (χ1) is 9.82. The number of carbonyl (C=O) groups excluding carboxylic acids is 2. The molecule has 0 aliphatic carbocycles. The molecular weight excluding hydrogens is 290 g/mol. The van der Waals surface area contributed by atoms with Gasteiger partial charge in [-0.2, -0.15) is 0 Å². The lowest BCUT2D eigenvalue weighted by molar-refractivity contribution is -0.117. The molecule has 1 unspecified atom stereocenters. The van der Waals surface area contributed by atoms with Crippen LogP contribution in [0.2, 0.25) is 0 Å². The first-order valence-electron chi connectivity index (χ1n) is 6.97. The second kappa shape index (κ2) is 6.11. The smallest absolute Gasteiger partial charge is 0.350 e. The van der Waals surface area contributed by atoms with Gasteiger partial charge in [0.15, 0.2) is 5.13 Å². The van der Waals surface area contributed by atoms with Crippen molar-refractivity contribution in [3.63, 3.8) is 0 Å². The Hall–Kier alpha value is -1.47. The van der Waals surface area contributed by atoms with E-state index in [0.29, 0.717) is 15.7 Å². The number of nitrogens with one attached hydrogen (secondary N) is 2. The molecule has 1 saturated heterocycles. The number of hydrogen-bond donors (Lipinski definition) is 2. The van der Waals surface area contributed by atoms with Crippen LogP contribution in [-0.4, -0.2) is 36.6 Å². The first kappa shape index (κ1) is 15.9. The van der Waals surface area contributed by atoms with Crippen molar-refractivity contribution in [2.75, 3.05) is 19.0 Å². The molecule has 1 aromatic heterocycles. The molecule has 1 fully saturated rings. The number of methoxy groups -OCH3 is 1. The van der Waals surface area contributed by atoms with Crippen molar-refractivity contribution in [3.05, 3.63) is 10.6 Å². The minimum atomic E-state index is -0.420. The van der Waals surface area contributed by atoms with E-state index in [9.17, 15) is 9.59 Å². The third kappa shape index (κ3) is 3.59. The maximum Gasteiger partial charge on any atom is 0.350 e. The first-order valence-corrected chi connectivity index (χ1v) is 7.78. The number of anilines is 1. The van der Waals surface area contributed by atoms with Gasteiger partial charge in [-0.1, -0.05) is 32.1 Å². The van der Waals surface area contributed by atoms with Crippen LogP contribution in [0, 0.1) is 0 Å². The van der Waals surface area contributed by atoms with Crippen LogP contribution >= 0.6 is 11.3 Å². The highest BCUT2D eigenvalue weighted by Crippen LogP contribution is 2.32. The summed E-state index contributed by atoms with van der Waals surface area (Å²) in [6, 6.07) is -0.173. The van der Waals surface area contributed by atoms with Gasteiger partial charge in [0.25, 0.3) is 0 Å². The van der Waals surface area contributed by atoms with E-state index in [-0.39, 0.29) is 17.4 Å². The number of thiazole rings is 1. The van der Waals surface area contributed by atoms with Gasteiger partial charge in [0.1, 0.15) is 4.88 Å². The summed E-state index contributed by atoms with van der Waals surface area (Å²) in [7, 11) is 1.34. The maximum atomic E-state index is 12.1. The van der Waals surface area contributed by atoms with Crippen LogP contribution in [-0.2, 0) is 14.9 Å². The van der Waals surface area contributed by atoms with E-state index >= 15 is 0 Å². The highest BCUT2D eigenvalue weighted by molar-refractivity contribution is 7.17. The molecule has 21 heavy (non-hydrogen) atoms.